The Balaban J connectivity index is 1.77. The van der Waals surface area contributed by atoms with Crippen LogP contribution in [-0.4, -0.2) is 44.4 Å². The van der Waals surface area contributed by atoms with Crippen molar-refractivity contribution in [1.29, 1.82) is 0 Å². The van der Waals surface area contributed by atoms with Gasteiger partial charge >= 0.3 is 0 Å². The van der Waals surface area contributed by atoms with Crippen molar-refractivity contribution >= 4 is 0 Å². The number of hydrogen-bond acceptors (Lipinski definition) is 1. The summed E-state index contributed by atoms with van der Waals surface area (Å²) in [6, 6.07) is 21.8. The molecule has 0 aliphatic carbocycles. The number of quaternary nitrogens is 1. The van der Waals surface area contributed by atoms with Crippen LogP contribution < -0.4 is 0 Å². The van der Waals surface area contributed by atoms with Gasteiger partial charge in [0.05, 0.1) is 26.8 Å². The second-order valence-corrected chi connectivity index (χ2v) is 6.57. The summed E-state index contributed by atoms with van der Waals surface area (Å²) in [6.07, 6.45) is 1.19. The Hall–Kier alpha value is -1.64. The number of benzene rings is 2. The van der Waals surface area contributed by atoms with Crippen molar-refractivity contribution in [2.45, 2.75) is 12.3 Å². The highest BCUT2D eigenvalue weighted by Gasteiger charge is 2.27. The Labute approximate surface area is 133 Å². The maximum Gasteiger partial charge on any atom is 0.102 e. The molecule has 0 bridgehead atoms. The lowest BCUT2D eigenvalue weighted by molar-refractivity contribution is -0.917. The molecule has 116 valence electrons. The van der Waals surface area contributed by atoms with Crippen LogP contribution in [0.3, 0.4) is 0 Å². The van der Waals surface area contributed by atoms with Crippen LogP contribution in [0.15, 0.2) is 60.7 Å². The van der Waals surface area contributed by atoms with Crippen molar-refractivity contribution in [3.8, 4) is 0 Å². The van der Waals surface area contributed by atoms with E-state index in [1.165, 1.54) is 24.1 Å². The highest BCUT2D eigenvalue weighted by atomic mass is 16.5. The van der Waals surface area contributed by atoms with Crippen molar-refractivity contribution in [3.63, 3.8) is 0 Å². The van der Waals surface area contributed by atoms with Crippen molar-refractivity contribution < 1.29 is 9.22 Å². The minimum atomic E-state index is 0.486. The van der Waals surface area contributed by atoms with Crippen molar-refractivity contribution in [3.05, 3.63) is 71.8 Å². The second-order valence-electron chi connectivity index (χ2n) is 6.57. The van der Waals surface area contributed by atoms with E-state index < -0.39 is 0 Å². The molecule has 0 unspecified atom stereocenters. The van der Waals surface area contributed by atoms with Gasteiger partial charge in [-0.2, -0.15) is 0 Å². The molecule has 1 aliphatic heterocycles. The molecule has 0 saturated carbocycles. The molecule has 0 spiro atoms. The van der Waals surface area contributed by atoms with Crippen LogP contribution >= 0.6 is 0 Å². The fraction of sp³-hybridized carbons (Fsp3) is 0.400. The highest BCUT2D eigenvalue weighted by Crippen LogP contribution is 2.29. The molecular formula is C20H26NO+. The zero-order valence-electron chi connectivity index (χ0n) is 13.4. The molecular weight excluding hydrogens is 270 g/mol. The van der Waals surface area contributed by atoms with Gasteiger partial charge in [0, 0.05) is 12.3 Å². The quantitative estimate of drug-likeness (QED) is 0.765. The van der Waals surface area contributed by atoms with E-state index in [9.17, 15) is 0 Å². The van der Waals surface area contributed by atoms with E-state index in [4.69, 9.17) is 4.74 Å². The molecule has 0 radical (unpaired) electrons. The van der Waals surface area contributed by atoms with Crippen LogP contribution in [0, 0.1) is 0 Å². The van der Waals surface area contributed by atoms with E-state index >= 15 is 0 Å². The zero-order chi connectivity index (χ0) is 15.3. The normalized spacial score (nSPS) is 17.5. The second kappa shape index (κ2) is 7.08. The van der Waals surface area contributed by atoms with Gasteiger partial charge in [-0.25, -0.2) is 0 Å². The number of hydrogen-bond donors (Lipinski definition) is 0. The van der Waals surface area contributed by atoms with E-state index in [0.29, 0.717) is 5.92 Å². The summed E-state index contributed by atoms with van der Waals surface area (Å²) in [5, 5.41) is 0. The first kappa shape index (κ1) is 15.3. The van der Waals surface area contributed by atoms with Gasteiger partial charge in [0.1, 0.15) is 13.1 Å². The van der Waals surface area contributed by atoms with Gasteiger partial charge in [-0.15, -0.1) is 0 Å². The molecule has 22 heavy (non-hydrogen) atoms. The maximum atomic E-state index is 5.53. The number of nitrogens with zero attached hydrogens (tertiary/aromatic N) is 1. The van der Waals surface area contributed by atoms with Crippen LogP contribution in [-0.2, 0) is 4.74 Å². The SMILES string of the molecule is C[N+]1(CCC(c2ccccc2)c2ccccc2)CCOCC1. The summed E-state index contributed by atoms with van der Waals surface area (Å²) in [7, 11) is 2.37. The summed E-state index contributed by atoms with van der Waals surface area (Å²) in [6.45, 7) is 5.28. The van der Waals surface area contributed by atoms with Gasteiger partial charge in [0.25, 0.3) is 0 Å². The summed E-state index contributed by atoms with van der Waals surface area (Å²) in [5.74, 6) is 0.486. The van der Waals surface area contributed by atoms with Crippen LogP contribution in [0.25, 0.3) is 0 Å². The maximum absolute atomic E-state index is 5.53. The van der Waals surface area contributed by atoms with E-state index in [0.717, 1.165) is 30.8 Å². The van der Waals surface area contributed by atoms with Gasteiger partial charge in [0.15, 0.2) is 0 Å². The van der Waals surface area contributed by atoms with Crippen LogP contribution in [0.1, 0.15) is 23.5 Å². The van der Waals surface area contributed by atoms with E-state index in [2.05, 4.69) is 67.7 Å². The Morgan fingerprint density at radius 3 is 1.86 bits per heavy atom. The topological polar surface area (TPSA) is 9.23 Å². The first-order chi connectivity index (χ1) is 10.8. The van der Waals surface area contributed by atoms with Crippen molar-refractivity contribution in [2.75, 3.05) is 39.9 Å². The van der Waals surface area contributed by atoms with Crippen molar-refractivity contribution in [1.82, 2.24) is 0 Å². The lowest BCUT2D eigenvalue weighted by atomic mass is 9.88. The molecule has 2 nitrogen and oxygen atoms in total. The molecule has 0 amide bonds. The van der Waals surface area contributed by atoms with Crippen LogP contribution in [0.4, 0.5) is 0 Å². The Morgan fingerprint density at radius 1 is 0.864 bits per heavy atom. The fourth-order valence-corrected chi connectivity index (χ4v) is 3.34. The molecule has 2 aromatic carbocycles. The Morgan fingerprint density at radius 2 is 1.36 bits per heavy atom. The molecule has 0 N–H and O–H groups in total. The van der Waals surface area contributed by atoms with Crippen LogP contribution in [0.5, 0.6) is 0 Å². The van der Waals surface area contributed by atoms with E-state index in [1.54, 1.807) is 0 Å². The lowest BCUT2D eigenvalue weighted by Crippen LogP contribution is -2.52. The summed E-state index contributed by atoms with van der Waals surface area (Å²) < 4.78 is 6.66. The molecule has 1 aliphatic rings. The van der Waals surface area contributed by atoms with Gasteiger partial charge in [-0.3, -0.25) is 0 Å². The number of ether oxygens (including phenoxy) is 1. The molecule has 2 heteroatoms. The number of likely N-dealkylation sites (N-methyl/N-ethyl adjacent to an activating group) is 1. The monoisotopic (exact) mass is 296 g/mol. The first-order valence-electron chi connectivity index (χ1n) is 8.28. The zero-order valence-corrected chi connectivity index (χ0v) is 13.4. The highest BCUT2D eigenvalue weighted by molar-refractivity contribution is 5.32. The molecule has 1 heterocycles. The Kier molecular flexibility index (Phi) is 4.91. The lowest BCUT2D eigenvalue weighted by Gasteiger charge is -2.38. The minimum Gasteiger partial charge on any atom is -0.370 e. The number of morpholine rings is 1. The average Bonchev–Trinajstić information content (AvgIpc) is 2.58. The largest absolute Gasteiger partial charge is 0.370 e. The smallest absolute Gasteiger partial charge is 0.102 e. The van der Waals surface area contributed by atoms with Gasteiger partial charge in [-0.05, 0) is 11.1 Å². The van der Waals surface area contributed by atoms with Crippen LogP contribution in [0.2, 0.25) is 0 Å². The summed E-state index contributed by atoms with van der Waals surface area (Å²) >= 11 is 0. The minimum absolute atomic E-state index is 0.486. The van der Waals surface area contributed by atoms with Gasteiger partial charge < -0.3 is 9.22 Å². The standard InChI is InChI=1S/C20H26NO/c1-21(14-16-22-17-15-21)13-12-20(18-8-4-2-5-9-18)19-10-6-3-7-11-19/h2-11,20H,12-17H2,1H3/q+1. The third-order valence-corrected chi connectivity index (χ3v) is 4.91. The third-order valence-electron chi connectivity index (χ3n) is 4.91. The van der Waals surface area contributed by atoms with Gasteiger partial charge in [0.2, 0.25) is 0 Å². The molecule has 2 aromatic rings. The Bertz CT molecular complexity index is 521. The first-order valence-corrected chi connectivity index (χ1v) is 8.28. The predicted octanol–water partition coefficient (Wildman–Crippen LogP) is 3.69. The number of rotatable bonds is 5. The predicted molar refractivity (Wildman–Crippen MR) is 90.9 cm³/mol. The molecule has 0 atom stereocenters. The van der Waals surface area contributed by atoms with E-state index in [1.807, 2.05) is 0 Å². The van der Waals surface area contributed by atoms with Crippen molar-refractivity contribution in [2.24, 2.45) is 0 Å². The molecule has 3 rings (SSSR count). The fourth-order valence-electron chi connectivity index (χ4n) is 3.34. The third kappa shape index (κ3) is 3.76. The van der Waals surface area contributed by atoms with E-state index in [-0.39, 0.29) is 0 Å². The molecule has 1 fully saturated rings. The average molecular weight is 296 g/mol. The molecule has 1 saturated heterocycles. The van der Waals surface area contributed by atoms with Gasteiger partial charge in [-0.1, -0.05) is 60.7 Å². The summed E-state index contributed by atoms with van der Waals surface area (Å²) in [4.78, 5) is 0. The molecule has 0 aromatic heterocycles. The summed E-state index contributed by atoms with van der Waals surface area (Å²) in [5.41, 5.74) is 2.85.